The second-order valence-corrected chi connectivity index (χ2v) is 5.09. The Bertz CT molecular complexity index is 488. The van der Waals surface area contributed by atoms with Crippen LogP contribution in [0.4, 0.5) is 0 Å². The lowest BCUT2D eigenvalue weighted by Gasteiger charge is -2.13. The fourth-order valence-corrected chi connectivity index (χ4v) is 2.35. The Morgan fingerprint density at radius 1 is 1.35 bits per heavy atom. The van der Waals surface area contributed by atoms with Crippen molar-refractivity contribution in [1.82, 2.24) is 10.6 Å². The Kier molecular flexibility index (Phi) is 4.98. The summed E-state index contributed by atoms with van der Waals surface area (Å²) < 4.78 is 0. The number of amides is 2. The quantitative estimate of drug-likeness (QED) is 0.776. The topological polar surface area (TPSA) is 78.4 Å². The van der Waals surface area contributed by atoms with Crippen molar-refractivity contribution >= 4 is 11.8 Å². The number of phenols is 1. The molecule has 20 heavy (non-hydrogen) atoms. The van der Waals surface area contributed by atoms with Crippen molar-refractivity contribution in [3.05, 3.63) is 29.8 Å². The summed E-state index contributed by atoms with van der Waals surface area (Å²) in [5, 5.41) is 15.2. The van der Waals surface area contributed by atoms with E-state index in [1.165, 1.54) is 0 Å². The number of hydrogen-bond donors (Lipinski definition) is 3. The van der Waals surface area contributed by atoms with Gasteiger partial charge in [0.15, 0.2) is 0 Å². The van der Waals surface area contributed by atoms with Crippen LogP contribution in [0.1, 0.15) is 31.2 Å². The fourth-order valence-electron chi connectivity index (χ4n) is 2.35. The third kappa shape index (κ3) is 3.98. The van der Waals surface area contributed by atoms with Gasteiger partial charge in [-0.1, -0.05) is 24.6 Å². The summed E-state index contributed by atoms with van der Waals surface area (Å²) in [6.45, 7) is 0.981. The molecule has 0 saturated carbocycles. The van der Waals surface area contributed by atoms with Crippen LogP contribution in [0.15, 0.2) is 24.3 Å². The van der Waals surface area contributed by atoms with Crippen LogP contribution < -0.4 is 10.6 Å². The molecule has 1 fully saturated rings. The van der Waals surface area contributed by atoms with Gasteiger partial charge in [0, 0.05) is 31.0 Å². The number of para-hydroxylation sites is 1. The molecule has 1 aromatic rings. The van der Waals surface area contributed by atoms with Gasteiger partial charge in [0.25, 0.3) is 0 Å². The van der Waals surface area contributed by atoms with Crippen LogP contribution in [0.2, 0.25) is 0 Å². The maximum Gasteiger partial charge on any atom is 0.223 e. The maximum atomic E-state index is 11.9. The Labute approximate surface area is 118 Å². The molecule has 5 heteroatoms. The van der Waals surface area contributed by atoms with Gasteiger partial charge in [-0.3, -0.25) is 9.59 Å². The van der Waals surface area contributed by atoms with Crippen LogP contribution >= 0.6 is 0 Å². The minimum atomic E-state index is -0.234. The minimum Gasteiger partial charge on any atom is -0.508 e. The van der Waals surface area contributed by atoms with E-state index in [4.69, 9.17) is 0 Å². The molecule has 0 spiro atoms. The zero-order valence-electron chi connectivity index (χ0n) is 11.4. The number of rotatable bonds is 4. The molecule has 3 N–H and O–H groups in total. The van der Waals surface area contributed by atoms with E-state index < -0.39 is 0 Å². The summed E-state index contributed by atoms with van der Waals surface area (Å²) in [5.41, 5.74) is 0.672. The van der Waals surface area contributed by atoms with E-state index in [9.17, 15) is 14.7 Å². The van der Waals surface area contributed by atoms with Gasteiger partial charge < -0.3 is 15.7 Å². The van der Waals surface area contributed by atoms with Crippen molar-refractivity contribution in [3.63, 3.8) is 0 Å². The number of carbonyl (C=O) groups is 2. The van der Waals surface area contributed by atoms with Crippen molar-refractivity contribution < 1.29 is 14.7 Å². The second kappa shape index (κ2) is 6.93. The summed E-state index contributed by atoms with van der Waals surface area (Å²) >= 11 is 0. The van der Waals surface area contributed by atoms with E-state index in [-0.39, 0.29) is 36.4 Å². The highest BCUT2D eigenvalue weighted by atomic mass is 16.3. The second-order valence-electron chi connectivity index (χ2n) is 5.09. The molecule has 1 aromatic carbocycles. The number of aromatic hydroxyl groups is 1. The number of hydrogen-bond acceptors (Lipinski definition) is 3. The molecule has 1 saturated heterocycles. The van der Waals surface area contributed by atoms with Crippen LogP contribution in [0, 0.1) is 5.92 Å². The molecule has 0 bridgehead atoms. The van der Waals surface area contributed by atoms with Gasteiger partial charge >= 0.3 is 0 Å². The smallest absolute Gasteiger partial charge is 0.223 e. The average molecular weight is 276 g/mol. The summed E-state index contributed by atoms with van der Waals surface area (Å²) in [6, 6.07) is 6.88. The predicted octanol–water partition coefficient (Wildman–Crippen LogP) is 1.31. The Hall–Kier alpha value is -2.04. The third-order valence-electron chi connectivity index (χ3n) is 3.55. The molecule has 2 amide bonds. The molecule has 1 heterocycles. The van der Waals surface area contributed by atoms with Crippen molar-refractivity contribution in [2.45, 2.75) is 32.2 Å². The van der Waals surface area contributed by atoms with E-state index in [0.29, 0.717) is 12.1 Å². The third-order valence-corrected chi connectivity index (χ3v) is 3.55. The van der Waals surface area contributed by atoms with Crippen molar-refractivity contribution in [2.75, 3.05) is 6.54 Å². The van der Waals surface area contributed by atoms with Crippen molar-refractivity contribution in [3.8, 4) is 5.75 Å². The first kappa shape index (κ1) is 14.4. The van der Waals surface area contributed by atoms with Crippen LogP contribution in [-0.2, 0) is 16.1 Å². The van der Waals surface area contributed by atoms with Crippen molar-refractivity contribution in [2.24, 2.45) is 5.92 Å². The Morgan fingerprint density at radius 2 is 2.15 bits per heavy atom. The van der Waals surface area contributed by atoms with Crippen LogP contribution in [0.5, 0.6) is 5.75 Å². The van der Waals surface area contributed by atoms with Gasteiger partial charge in [-0.15, -0.1) is 0 Å². The maximum absolute atomic E-state index is 11.9. The predicted molar refractivity (Wildman–Crippen MR) is 74.9 cm³/mol. The fraction of sp³-hybridized carbons (Fsp3) is 0.467. The van der Waals surface area contributed by atoms with Crippen LogP contribution in [-0.4, -0.2) is 23.5 Å². The van der Waals surface area contributed by atoms with Gasteiger partial charge in [0.2, 0.25) is 11.8 Å². The molecule has 0 aromatic heterocycles. The average Bonchev–Trinajstić information content (AvgIpc) is 2.63. The molecule has 1 aliphatic heterocycles. The Balaban J connectivity index is 1.83. The van der Waals surface area contributed by atoms with Crippen LogP contribution in [0.25, 0.3) is 0 Å². The molecular weight excluding hydrogens is 256 g/mol. The van der Waals surface area contributed by atoms with E-state index in [2.05, 4.69) is 10.6 Å². The van der Waals surface area contributed by atoms with Gasteiger partial charge in [0.05, 0.1) is 0 Å². The molecule has 1 atom stereocenters. The standard InChI is InChI=1S/C15H20N2O3/c18-13-7-2-1-6-12(13)10-17-14(19)9-11-5-3-4-8-16-15(11)20/h1-2,6-7,11,18H,3-5,8-10H2,(H,16,20)(H,17,19)/t11-/m0/s1. The molecule has 0 radical (unpaired) electrons. The van der Waals surface area contributed by atoms with E-state index in [1.54, 1.807) is 24.3 Å². The largest absolute Gasteiger partial charge is 0.508 e. The summed E-state index contributed by atoms with van der Waals surface area (Å²) in [6.07, 6.45) is 2.91. The molecule has 0 aliphatic carbocycles. The molecule has 0 unspecified atom stereocenters. The number of carbonyl (C=O) groups excluding carboxylic acids is 2. The summed E-state index contributed by atoms with van der Waals surface area (Å²) in [4.78, 5) is 23.6. The lowest BCUT2D eigenvalue weighted by molar-refractivity contribution is -0.130. The Morgan fingerprint density at radius 3 is 2.95 bits per heavy atom. The van der Waals surface area contributed by atoms with E-state index in [1.807, 2.05) is 0 Å². The molecule has 1 aliphatic rings. The molecule has 108 valence electrons. The van der Waals surface area contributed by atoms with Gasteiger partial charge in [-0.05, 0) is 18.9 Å². The zero-order chi connectivity index (χ0) is 14.4. The minimum absolute atomic E-state index is 0.0276. The SMILES string of the molecule is O=C(C[C@@H]1CCCCNC1=O)NCc1ccccc1O. The highest BCUT2D eigenvalue weighted by Crippen LogP contribution is 2.17. The van der Waals surface area contributed by atoms with E-state index in [0.717, 1.165) is 19.3 Å². The van der Waals surface area contributed by atoms with Crippen LogP contribution in [0.3, 0.4) is 0 Å². The molecule has 2 rings (SSSR count). The highest BCUT2D eigenvalue weighted by molar-refractivity contribution is 5.85. The number of benzene rings is 1. The lowest BCUT2D eigenvalue weighted by atomic mass is 9.98. The summed E-state index contributed by atoms with van der Waals surface area (Å²) in [7, 11) is 0. The van der Waals surface area contributed by atoms with E-state index >= 15 is 0 Å². The lowest BCUT2D eigenvalue weighted by Crippen LogP contribution is -2.33. The first-order valence-corrected chi connectivity index (χ1v) is 6.98. The highest BCUT2D eigenvalue weighted by Gasteiger charge is 2.23. The first-order valence-electron chi connectivity index (χ1n) is 6.98. The number of phenolic OH excluding ortho intramolecular Hbond substituents is 1. The molecule has 5 nitrogen and oxygen atoms in total. The summed E-state index contributed by atoms with van der Waals surface area (Å²) in [5.74, 6) is -0.252. The normalized spacial score (nSPS) is 19.0. The number of nitrogens with one attached hydrogen (secondary N) is 2. The first-order chi connectivity index (χ1) is 9.66. The van der Waals surface area contributed by atoms with Gasteiger partial charge in [-0.25, -0.2) is 0 Å². The zero-order valence-corrected chi connectivity index (χ0v) is 11.4. The monoisotopic (exact) mass is 276 g/mol. The van der Waals surface area contributed by atoms with Gasteiger partial charge in [0.1, 0.15) is 5.75 Å². The van der Waals surface area contributed by atoms with Gasteiger partial charge in [-0.2, -0.15) is 0 Å². The molecular formula is C15H20N2O3. The van der Waals surface area contributed by atoms with Crippen molar-refractivity contribution in [1.29, 1.82) is 0 Å².